The largest absolute Gasteiger partial charge is 0.469 e. The molecule has 0 spiro atoms. The Kier molecular flexibility index (Phi) is 3.18. The Morgan fingerprint density at radius 3 is 1.92 bits per heavy atom. The summed E-state index contributed by atoms with van der Waals surface area (Å²) in [5.74, 6) is 2.98. The highest BCUT2D eigenvalue weighted by Gasteiger charge is 2.22. The maximum atomic E-state index is 5.55. The van der Waals surface area contributed by atoms with Crippen LogP contribution in [-0.4, -0.2) is 0 Å². The molecule has 1 aromatic rings. The Bertz CT molecular complexity index is 250. The first-order valence-electron chi connectivity index (χ1n) is 5.07. The van der Waals surface area contributed by atoms with Crippen molar-refractivity contribution in [2.24, 2.45) is 11.8 Å². The average Bonchev–Trinajstić information content (AvgIpc) is 2.34. The second-order valence-electron chi connectivity index (χ2n) is 4.54. The number of furan rings is 1. The molecule has 1 aromatic heterocycles. The minimum Gasteiger partial charge on any atom is -0.469 e. The lowest BCUT2D eigenvalue weighted by Gasteiger charge is -2.22. The summed E-state index contributed by atoms with van der Waals surface area (Å²) in [5, 5.41) is 0. The van der Waals surface area contributed by atoms with Crippen LogP contribution in [0.25, 0.3) is 0 Å². The normalized spacial score (nSPS) is 12.0. The number of hydrogen-bond donors (Lipinski definition) is 0. The summed E-state index contributed by atoms with van der Waals surface area (Å²) in [4.78, 5) is 0. The van der Waals surface area contributed by atoms with Crippen LogP contribution in [0.15, 0.2) is 16.7 Å². The van der Waals surface area contributed by atoms with Gasteiger partial charge in [0.1, 0.15) is 5.76 Å². The molecular weight excluding hydrogens is 160 g/mol. The van der Waals surface area contributed by atoms with E-state index in [2.05, 4.69) is 40.7 Å². The molecule has 0 atom stereocenters. The molecule has 0 aliphatic heterocycles. The highest BCUT2D eigenvalue weighted by molar-refractivity contribution is 5.15. The highest BCUT2D eigenvalue weighted by Crippen LogP contribution is 2.32. The molecule has 0 aromatic carbocycles. The fourth-order valence-electron chi connectivity index (χ4n) is 2.06. The van der Waals surface area contributed by atoms with Crippen molar-refractivity contribution in [3.63, 3.8) is 0 Å². The van der Waals surface area contributed by atoms with Crippen molar-refractivity contribution in [1.82, 2.24) is 0 Å². The van der Waals surface area contributed by atoms with E-state index in [0.717, 1.165) is 5.76 Å². The molecule has 0 amide bonds. The van der Waals surface area contributed by atoms with Crippen LogP contribution in [0.1, 0.15) is 44.9 Å². The van der Waals surface area contributed by atoms with Crippen molar-refractivity contribution >= 4 is 0 Å². The third-order valence-electron chi connectivity index (χ3n) is 2.52. The van der Waals surface area contributed by atoms with E-state index in [1.54, 1.807) is 0 Å². The third kappa shape index (κ3) is 2.36. The van der Waals surface area contributed by atoms with Crippen molar-refractivity contribution in [2.75, 3.05) is 0 Å². The molecule has 0 saturated carbocycles. The fourth-order valence-corrected chi connectivity index (χ4v) is 2.06. The van der Waals surface area contributed by atoms with Crippen LogP contribution >= 0.6 is 0 Å². The zero-order chi connectivity index (χ0) is 10.0. The SMILES string of the molecule is Cc1coc(C(C(C)C)C(C)C)c1. The lowest BCUT2D eigenvalue weighted by atomic mass is 9.83. The minimum absolute atomic E-state index is 0.550. The van der Waals surface area contributed by atoms with Gasteiger partial charge in [0.25, 0.3) is 0 Å². The van der Waals surface area contributed by atoms with E-state index in [9.17, 15) is 0 Å². The van der Waals surface area contributed by atoms with Gasteiger partial charge < -0.3 is 4.42 Å². The molecular formula is C12H20O. The van der Waals surface area contributed by atoms with E-state index in [0.29, 0.717) is 17.8 Å². The molecule has 0 N–H and O–H groups in total. The van der Waals surface area contributed by atoms with Crippen LogP contribution in [0, 0.1) is 18.8 Å². The van der Waals surface area contributed by atoms with Crippen molar-refractivity contribution in [3.05, 3.63) is 23.7 Å². The minimum atomic E-state index is 0.550. The van der Waals surface area contributed by atoms with Crippen LogP contribution in [0.3, 0.4) is 0 Å². The summed E-state index contributed by atoms with van der Waals surface area (Å²) < 4.78 is 5.55. The Morgan fingerprint density at radius 2 is 1.62 bits per heavy atom. The van der Waals surface area contributed by atoms with E-state index in [1.807, 2.05) is 6.26 Å². The van der Waals surface area contributed by atoms with Gasteiger partial charge in [-0.05, 0) is 30.4 Å². The molecule has 0 aliphatic carbocycles. The molecule has 1 heterocycles. The molecule has 0 fully saturated rings. The molecule has 0 saturated heterocycles. The fraction of sp³-hybridized carbons (Fsp3) is 0.667. The monoisotopic (exact) mass is 180 g/mol. The quantitative estimate of drug-likeness (QED) is 0.685. The van der Waals surface area contributed by atoms with Gasteiger partial charge in [-0.1, -0.05) is 27.7 Å². The molecule has 1 nitrogen and oxygen atoms in total. The summed E-state index contributed by atoms with van der Waals surface area (Å²) in [7, 11) is 0. The lowest BCUT2D eigenvalue weighted by Crippen LogP contribution is -2.12. The topological polar surface area (TPSA) is 13.1 Å². The molecule has 1 rings (SSSR count). The Hall–Kier alpha value is -0.720. The summed E-state index contributed by atoms with van der Waals surface area (Å²) in [6, 6.07) is 2.16. The second-order valence-corrected chi connectivity index (χ2v) is 4.54. The molecule has 13 heavy (non-hydrogen) atoms. The zero-order valence-corrected chi connectivity index (χ0v) is 9.29. The van der Waals surface area contributed by atoms with Crippen LogP contribution in [0.2, 0.25) is 0 Å². The Morgan fingerprint density at radius 1 is 1.08 bits per heavy atom. The average molecular weight is 180 g/mol. The molecule has 1 heteroatoms. The van der Waals surface area contributed by atoms with Crippen molar-refractivity contribution in [1.29, 1.82) is 0 Å². The van der Waals surface area contributed by atoms with E-state index in [1.165, 1.54) is 5.56 Å². The predicted octanol–water partition coefficient (Wildman–Crippen LogP) is 3.98. The van der Waals surface area contributed by atoms with Crippen molar-refractivity contribution in [2.45, 2.75) is 40.5 Å². The summed E-state index contributed by atoms with van der Waals surface area (Å²) >= 11 is 0. The van der Waals surface area contributed by atoms with Gasteiger partial charge in [0.2, 0.25) is 0 Å². The van der Waals surface area contributed by atoms with Gasteiger partial charge in [-0.25, -0.2) is 0 Å². The van der Waals surface area contributed by atoms with E-state index >= 15 is 0 Å². The maximum Gasteiger partial charge on any atom is 0.107 e. The van der Waals surface area contributed by atoms with Gasteiger partial charge in [0.15, 0.2) is 0 Å². The van der Waals surface area contributed by atoms with Gasteiger partial charge in [0.05, 0.1) is 6.26 Å². The van der Waals surface area contributed by atoms with Crippen LogP contribution < -0.4 is 0 Å². The van der Waals surface area contributed by atoms with E-state index < -0.39 is 0 Å². The van der Waals surface area contributed by atoms with Crippen molar-refractivity contribution in [3.8, 4) is 0 Å². The number of rotatable bonds is 3. The summed E-state index contributed by atoms with van der Waals surface area (Å²) in [5.41, 5.74) is 1.22. The van der Waals surface area contributed by atoms with Crippen LogP contribution in [0.4, 0.5) is 0 Å². The molecule has 0 radical (unpaired) electrons. The zero-order valence-electron chi connectivity index (χ0n) is 9.29. The number of aryl methyl sites for hydroxylation is 1. The Balaban J connectivity index is 2.88. The van der Waals surface area contributed by atoms with Gasteiger partial charge in [-0.15, -0.1) is 0 Å². The van der Waals surface area contributed by atoms with Crippen molar-refractivity contribution < 1.29 is 4.42 Å². The third-order valence-corrected chi connectivity index (χ3v) is 2.52. The van der Waals surface area contributed by atoms with Gasteiger partial charge in [-0.2, -0.15) is 0 Å². The number of hydrogen-bond acceptors (Lipinski definition) is 1. The van der Waals surface area contributed by atoms with Gasteiger partial charge in [0, 0.05) is 5.92 Å². The molecule has 0 aliphatic rings. The van der Waals surface area contributed by atoms with Gasteiger partial charge in [-0.3, -0.25) is 0 Å². The second kappa shape index (κ2) is 3.99. The standard InChI is InChI=1S/C12H20O/c1-8(2)12(9(3)4)11-6-10(5)7-13-11/h6-9,12H,1-5H3. The predicted molar refractivity (Wildman–Crippen MR) is 55.9 cm³/mol. The van der Waals surface area contributed by atoms with E-state index in [-0.39, 0.29) is 0 Å². The molecule has 0 bridgehead atoms. The van der Waals surface area contributed by atoms with Gasteiger partial charge >= 0.3 is 0 Å². The maximum absolute atomic E-state index is 5.55. The lowest BCUT2D eigenvalue weighted by molar-refractivity contribution is 0.324. The Labute approximate surface area is 81.1 Å². The highest BCUT2D eigenvalue weighted by atomic mass is 16.3. The van der Waals surface area contributed by atoms with E-state index in [4.69, 9.17) is 4.42 Å². The molecule has 74 valence electrons. The molecule has 0 unspecified atom stereocenters. The smallest absolute Gasteiger partial charge is 0.107 e. The van der Waals surface area contributed by atoms with Crippen LogP contribution in [-0.2, 0) is 0 Å². The van der Waals surface area contributed by atoms with Crippen LogP contribution in [0.5, 0.6) is 0 Å². The first kappa shape index (κ1) is 10.4. The first-order valence-corrected chi connectivity index (χ1v) is 5.07. The first-order chi connectivity index (χ1) is 6.02. The summed E-state index contributed by atoms with van der Waals surface area (Å²) in [6.45, 7) is 11.1. The summed E-state index contributed by atoms with van der Waals surface area (Å²) in [6.07, 6.45) is 1.84.